The Labute approximate surface area is 228 Å². The van der Waals surface area contributed by atoms with Crippen molar-refractivity contribution in [2.45, 2.75) is 27.2 Å². The van der Waals surface area contributed by atoms with Gasteiger partial charge in [0, 0.05) is 17.9 Å². The molecule has 7 heteroatoms. The largest absolute Gasteiger partial charge is 0.484 e. The summed E-state index contributed by atoms with van der Waals surface area (Å²) in [6.07, 6.45) is 2.48. The average molecular weight is 525 g/mol. The smallest absolute Gasteiger partial charge is 0.343 e. The zero-order chi connectivity index (χ0) is 27.9. The maximum atomic E-state index is 13.3. The van der Waals surface area contributed by atoms with Crippen LogP contribution < -0.4 is 15.0 Å². The molecule has 39 heavy (non-hydrogen) atoms. The number of allylic oxidation sites excluding steroid dienone is 2. The maximum absolute atomic E-state index is 13.3. The van der Waals surface area contributed by atoms with Gasteiger partial charge in [-0.2, -0.15) is 0 Å². The molecule has 0 bridgehead atoms. The average Bonchev–Trinajstić information content (AvgIpc) is 3.18. The molecule has 4 rings (SSSR count). The van der Waals surface area contributed by atoms with Gasteiger partial charge in [-0.05, 0) is 79.8 Å². The number of amides is 1. The highest BCUT2D eigenvalue weighted by Gasteiger charge is 2.38. The third-order valence-electron chi connectivity index (χ3n) is 6.67. The molecule has 7 nitrogen and oxygen atoms in total. The number of methoxy groups -OCH3 is 1. The lowest BCUT2D eigenvalue weighted by Crippen LogP contribution is -2.30. The lowest BCUT2D eigenvalue weighted by molar-refractivity contribution is -0.137. The van der Waals surface area contributed by atoms with E-state index in [1.807, 2.05) is 62.4 Å². The molecule has 1 aliphatic rings. The summed E-state index contributed by atoms with van der Waals surface area (Å²) in [5.74, 6) is -0.733. The molecular weight excluding hydrogens is 492 g/mol. The fourth-order valence-corrected chi connectivity index (χ4v) is 4.37. The minimum atomic E-state index is -0.666. The number of carbonyl (C=O) groups is 3. The number of benzene rings is 3. The highest BCUT2D eigenvalue weighted by atomic mass is 16.5. The Morgan fingerprint density at radius 2 is 1.64 bits per heavy atom. The first-order valence-electron chi connectivity index (χ1n) is 12.7. The summed E-state index contributed by atoms with van der Waals surface area (Å²) >= 11 is 0. The minimum absolute atomic E-state index is 0.0141. The van der Waals surface area contributed by atoms with Crippen LogP contribution in [-0.2, 0) is 25.5 Å². The molecule has 0 fully saturated rings. The second kappa shape index (κ2) is 12.3. The number of hydrogen-bond acceptors (Lipinski definition) is 6. The zero-order valence-corrected chi connectivity index (χ0v) is 22.6. The molecule has 1 heterocycles. The Hall–Kier alpha value is -4.65. The van der Waals surface area contributed by atoms with Crippen LogP contribution in [0.4, 0.5) is 5.69 Å². The molecule has 200 valence electrons. The van der Waals surface area contributed by atoms with Crippen LogP contribution >= 0.6 is 0 Å². The molecule has 0 atom stereocenters. The van der Waals surface area contributed by atoms with Crippen LogP contribution in [0.3, 0.4) is 0 Å². The molecule has 3 aromatic carbocycles. The van der Waals surface area contributed by atoms with Crippen LogP contribution in [0.25, 0.3) is 6.08 Å². The van der Waals surface area contributed by atoms with E-state index in [4.69, 9.17) is 9.47 Å². The second-order valence-corrected chi connectivity index (χ2v) is 9.36. The van der Waals surface area contributed by atoms with E-state index in [9.17, 15) is 14.4 Å². The number of hydrogen-bond donors (Lipinski definition) is 1. The summed E-state index contributed by atoms with van der Waals surface area (Å²) < 4.78 is 10.5. The molecule has 1 N–H and O–H groups in total. The molecule has 1 amide bonds. The number of anilines is 1. The molecule has 0 radical (unpaired) electrons. The van der Waals surface area contributed by atoms with Crippen LogP contribution in [-0.4, -0.2) is 37.9 Å². The van der Waals surface area contributed by atoms with Gasteiger partial charge in [0.05, 0.1) is 12.8 Å². The molecular formula is C32H32N2O5. The summed E-state index contributed by atoms with van der Waals surface area (Å²) in [6, 6.07) is 22.9. The van der Waals surface area contributed by atoms with Crippen molar-refractivity contribution in [1.29, 1.82) is 0 Å². The number of aryl methyl sites for hydroxylation is 2. The van der Waals surface area contributed by atoms with Crippen LogP contribution in [0, 0.1) is 13.8 Å². The summed E-state index contributed by atoms with van der Waals surface area (Å²) in [6.45, 7) is 6.20. The van der Waals surface area contributed by atoms with Gasteiger partial charge in [-0.1, -0.05) is 48.5 Å². The van der Waals surface area contributed by atoms with E-state index < -0.39 is 11.8 Å². The molecule has 0 aromatic heterocycles. The Bertz CT molecular complexity index is 1440. The Kier molecular flexibility index (Phi) is 8.61. The van der Waals surface area contributed by atoms with Crippen molar-refractivity contribution >= 4 is 29.4 Å². The Morgan fingerprint density at radius 3 is 2.31 bits per heavy atom. The van der Waals surface area contributed by atoms with Gasteiger partial charge in [-0.3, -0.25) is 9.59 Å². The SMILES string of the molecule is COC(=O)C1=C(C)N(c2ccc(C)c(C)c2)/C(=C\c2ccc(OCC(=O)NCCc3ccccc3)cc2)C1=O. The zero-order valence-electron chi connectivity index (χ0n) is 22.6. The van der Waals surface area contributed by atoms with Crippen molar-refractivity contribution in [3.8, 4) is 5.75 Å². The fraction of sp³-hybridized carbons (Fsp3) is 0.219. The van der Waals surface area contributed by atoms with E-state index in [0.29, 0.717) is 23.7 Å². The summed E-state index contributed by atoms with van der Waals surface area (Å²) in [5.41, 5.74) is 5.76. The normalized spacial score (nSPS) is 14.1. The molecule has 0 saturated heterocycles. The molecule has 0 spiro atoms. The lowest BCUT2D eigenvalue weighted by atomic mass is 10.1. The van der Waals surface area contributed by atoms with Crippen molar-refractivity contribution in [2.24, 2.45) is 0 Å². The number of Topliss-reactive ketones (excluding diaryl/α,β-unsaturated/α-hetero) is 1. The third-order valence-corrected chi connectivity index (χ3v) is 6.67. The predicted molar refractivity (Wildman–Crippen MR) is 151 cm³/mol. The van der Waals surface area contributed by atoms with E-state index in [-0.39, 0.29) is 18.1 Å². The van der Waals surface area contributed by atoms with Gasteiger partial charge in [-0.25, -0.2) is 4.79 Å². The van der Waals surface area contributed by atoms with E-state index in [1.54, 1.807) is 42.2 Å². The van der Waals surface area contributed by atoms with Crippen molar-refractivity contribution in [2.75, 3.05) is 25.2 Å². The maximum Gasteiger partial charge on any atom is 0.343 e. The van der Waals surface area contributed by atoms with Gasteiger partial charge in [0.2, 0.25) is 5.78 Å². The molecule has 1 aliphatic heterocycles. The number of esters is 1. The van der Waals surface area contributed by atoms with Gasteiger partial charge < -0.3 is 19.7 Å². The third kappa shape index (κ3) is 6.44. The van der Waals surface area contributed by atoms with Gasteiger partial charge in [0.1, 0.15) is 11.3 Å². The van der Waals surface area contributed by atoms with Crippen LogP contribution in [0.1, 0.15) is 29.2 Å². The second-order valence-electron chi connectivity index (χ2n) is 9.36. The van der Waals surface area contributed by atoms with Crippen molar-refractivity contribution < 1.29 is 23.9 Å². The van der Waals surface area contributed by atoms with E-state index in [0.717, 1.165) is 34.4 Å². The first kappa shape index (κ1) is 27.4. The Morgan fingerprint density at radius 1 is 0.923 bits per heavy atom. The first-order chi connectivity index (χ1) is 18.8. The van der Waals surface area contributed by atoms with E-state index >= 15 is 0 Å². The van der Waals surface area contributed by atoms with Crippen LogP contribution in [0.15, 0.2) is 89.8 Å². The van der Waals surface area contributed by atoms with E-state index in [2.05, 4.69) is 5.32 Å². The molecule has 0 unspecified atom stereocenters. The highest BCUT2D eigenvalue weighted by Crippen LogP contribution is 2.36. The molecule has 3 aromatic rings. The van der Waals surface area contributed by atoms with Gasteiger partial charge in [-0.15, -0.1) is 0 Å². The van der Waals surface area contributed by atoms with Gasteiger partial charge in [0.25, 0.3) is 5.91 Å². The van der Waals surface area contributed by atoms with Crippen LogP contribution in [0.2, 0.25) is 0 Å². The van der Waals surface area contributed by atoms with Crippen molar-refractivity contribution in [3.05, 3.63) is 112 Å². The lowest BCUT2D eigenvalue weighted by Gasteiger charge is -2.22. The summed E-state index contributed by atoms with van der Waals surface area (Å²) in [5, 5.41) is 2.86. The standard InChI is InChI=1S/C32H32N2O5/c1-21-10-13-26(18-22(21)2)34-23(3)30(32(37)38-4)31(36)28(34)19-25-11-14-27(15-12-25)39-20-29(35)33-17-16-24-8-6-5-7-9-24/h5-15,18-19H,16-17,20H2,1-4H3,(H,33,35)/b28-19-. The van der Waals surface area contributed by atoms with Crippen molar-refractivity contribution in [1.82, 2.24) is 5.32 Å². The molecule has 0 aliphatic carbocycles. The minimum Gasteiger partial charge on any atom is -0.484 e. The molecule has 0 saturated carbocycles. The predicted octanol–water partition coefficient (Wildman–Crippen LogP) is 4.92. The topological polar surface area (TPSA) is 84.9 Å². The number of nitrogens with one attached hydrogen (secondary N) is 1. The monoisotopic (exact) mass is 524 g/mol. The summed E-state index contributed by atoms with van der Waals surface area (Å²) in [4.78, 5) is 39.7. The Balaban J connectivity index is 1.45. The number of nitrogens with zero attached hydrogens (tertiary/aromatic N) is 1. The van der Waals surface area contributed by atoms with Gasteiger partial charge in [0.15, 0.2) is 6.61 Å². The number of carbonyl (C=O) groups excluding carboxylic acids is 3. The van der Waals surface area contributed by atoms with Crippen molar-refractivity contribution in [3.63, 3.8) is 0 Å². The van der Waals surface area contributed by atoms with E-state index in [1.165, 1.54) is 7.11 Å². The quantitative estimate of drug-likeness (QED) is 0.243. The number of ether oxygens (including phenoxy) is 2. The fourth-order valence-electron chi connectivity index (χ4n) is 4.37. The highest BCUT2D eigenvalue weighted by molar-refractivity contribution is 6.30. The number of ketones is 1. The first-order valence-corrected chi connectivity index (χ1v) is 12.7. The van der Waals surface area contributed by atoms with Gasteiger partial charge >= 0.3 is 5.97 Å². The number of rotatable bonds is 9. The van der Waals surface area contributed by atoms with Crippen LogP contribution in [0.5, 0.6) is 5.75 Å². The summed E-state index contributed by atoms with van der Waals surface area (Å²) in [7, 11) is 1.26.